The first-order valence-electron chi connectivity index (χ1n) is 7.61. The van der Waals surface area contributed by atoms with Gasteiger partial charge in [0.1, 0.15) is 11.9 Å². The van der Waals surface area contributed by atoms with Crippen LogP contribution in [0.3, 0.4) is 0 Å². The molecule has 0 radical (unpaired) electrons. The van der Waals surface area contributed by atoms with E-state index in [4.69, 9.17) is 23.2 Å². The summed E-state index contributed by atoms with van der Waals surface area (Å²) in [5, 5.41) is 5.62. The van der Waals surface area contributed by atoms with Crippen LogP contribution < -0.4 is 10.6 Å². The minimum absolute atomic E-state index is 0.00737. The van der Waals surface area contributed by atoms with Crippen LogP contribution in [0, 0.1) is 11.7 Å². The Morgan fingerprint density at radius 2 is 1.76 bits per heavy atom. The van der Waals surface area contributed by atoms with Crippen LogP contribution in [0.4, 0.5) is 10.1 Å². The third kappa shape index (κ3) is 4.94. The molecule has 0 aliphatic carbocycles. The van der Waals surface area contributed by atoms with E-state index in [1.54, 1.807) is 38.1 Å². The molecule has 0 fully saturated rings. The number of hydrogen-bond acceptors (Lipinski definition) is 2. The van der Waals surface area contributed by atoms with Crippen molar-refractivity contribution in [1.29, 1.82) is 0 Å². The Hall–Kier alpha value is -2.11. The maximum atomic E-state index is 13.9. The van der Waals surface area contributed by atoms with Crippen molar-refractivity contribution in [2.75, 3.05) is 5.32 Å². The summed E-state index contributed by atoms with van der Waals surface area (Å²) < 4.78 is 13.9. The third-order valence-corrected chi connectivity index (χ3v) is 4.11. The number of carbonyl (C=O) groups excluding carboxylic acids is 2. The van der Waals surface area contributed by atoms with Crippen molar-refractivity contribution >= 4 is 40.7 Å². The predicted octanol–water partition coefficient (Wildman–Crippen LogP) is 4.53. The Labute approximate surface area is 155 Å². The second kappa shape index (κ2) is 8.32. The molecule has 1 unspecified atom stereocenters. The number of carbonyl (C=O) groups is 2. The first-order valence-corrected chi connectivity index (χ1v) is 8.36. The molecule has 0 aromatic heterocycles. The van der Waals surface area contributed by atoms with E-state index in [9.17, 15) is 14.0 Å². The van der Waals surface area contributed by atoms with E-state index in [-0.39, 0.29) is 27.2 Å². The molecule has 0 spiro atoms. The second-order valence-electron chi connectivity index (χ2n) is 5.79. The summed E-state index contributed by atoms with van der Waals surface area (Å²) in [5.41, 5.74) is 0.257. The zero-order chi connectivity index (χ0) is 18.6. The highest BCUT2D eigenvalue weighted by atomic mass is 35.5. The van der Waals surface area contributed by atoms with Crippen LogP contribution in [0.1, 0.15) is 24.2 Å². The molecule has 25 heavy (non-hydrogen) atoms. The lowest BCUT2D eigenvalue weighted by atomic mass is 10.0. The smallest absolute Gasteiger partial charge is 0.253 e. The summed E-state index contributed by atoms with van der Waals surface area (Å²) >= 11 is 11.7. The van der Waals surface area contributed by atoms with Crippen molar-refractivity contribution in [3.8, 4) is 0 Å². The van der Waals surface area contributed by atoms with Gasteiger partial charge in [-0.15, -0.1) is 0 Å². The number of hydrogen-bond donors (Lipinski definition) is 2. The van der Waals surface area contributed by atoms with Gasteiger partial charge in [-0.3, -0.25) is 9.59 Å². The summed E-state index contributed by atoms with van der Waals surface area (Å²) in [6, 6.07) is 9.60. The SMILES string of the molecule is CC(C)C(NC(=O)c1ccccc1Cl)C(=O)Nc1ccc(Cl)cc1F. The van der Waals surface area contributed by atoms with Gasteiger partial charge >= 0.3 is 0 Å². The maximum absolute atomic E-state index is 13.9. The van der Waals surface area contributed by atoms with Crippen LogP contribution in [0.25, 0.3) is 0 Å². The molecule has 0 aliphatic rings. The van der Waals surface area contributed by atoms with Crippen LogP contribution in [0.5, 0.6) is 0 Å². The Morgan fingerprint density at radius 1 is 1.08 bits per heavy atom. The molecule has 0 aliphatic heterocycles. The normalized spacial score (nSPS) is 11.9. The zero-order valence-electron chi connectivity index (χ0n) is 13.6. The van der Waals surface area contributed by atoms with E-state index in [0.29, 0.717) is 0 Å². The van der Waals surface area contributed by atoms with E-state index in [1.807, 2.05) is 0 Å². The monoisotopic (exact) mass is 382 g/mol. The summed E-state index contributed by atoms with van der Waals surface area (Å²) in [5.74, 6) is -1.88. The highest BCUT2D eigenvalue weighted by Gasteiger charge is 2.26. The molecule has 2 aromatic rings. The average molecular weight is 383 g/mol. The number of anilines is 1. The molecular formula is C18H17Cl2FN2O2. The largest absolute Gasteiger partial charge is 0.340 e. The second-order valence-corrected chi connectivity index (χ2v) is 6.63. The topological polar surface area (TPSA) is 58.2 Å². The van der Waals surface area contributed by atoms with Crippen molar-refractivity contribution in [3.05, 3.63) is 63.9 Å². The van der Waals surface area contributed by atoms with Crippen molar-refractivity contribution in [2.24, 2.45) is 5.92 Å². The zero-order valence-corrected chi connectivity index (χ0v) is 15.2. The summed E-state index contributed by atoms with van der Waals surface area (Å²) in [4.78, 5) is 24.9. The lowest BCUT2D eigenvalue weighted by Gasteiger charge is -2.22. The van der Waals surface area contributed by atoms with Crippen LogP contribution in [-0.4, -0.2) is 17.9 Å². The van der Waals surface area contributed by atoms with Gasteiger partial charge in [-0.05, 0) is 36.2 Å². The van der Waals surface area contributed by atoms with Gasteiger partial charge in [-0.25, -0.2) is 4.39 Å². The molecule has 2 aromatic carbocycles. The molecule has 0 saturated heterocycles. The van der Waals surface area contributed by atoms with Crippen molar-refractivity contribution < 1.29 is 14.0 Å². The molecule has 0 saturated carbocycles. The lowest BCUT2D eigenvalue weighted by Crippen LogP contribution is -2.47. The lowest BCUT2D eigenvalue weighted by molar-refractivity contribution is -0.118. The van der Waals surface area contributed by atoms with Gasteiger partial charge in [0, 0.05) is 5.02 Å². The molecule has 1 atom stereocenters. The minimum atomic E-state index is -0.862. The van der Waals surface area contributed by atoms with Gasteiger partial charge in [-0.2, -0.15) is 0 Å². The molecular weight excluding hydrogens is 366 g/mol. The number of benzene rings is 2. The van der Waals surface area contributed by atoms with Gasteiger partial charge in [-0.1, -0.05) is 49.2 Å². The van der Waals surface area contributed by atoms with E-state index < -0.39 is 23.7 Å². The van der Waals surface area contributed by atoms with E-state index in [0.717, 1.165) is 6.07 Å². The molecule has 4 nitrogen and oxygen atoms in total. The maximum Gasteiger partial charge on any atom is 0.253 e. The van der Waals surface area contributed by atoms with E-state index in [1.165, 1.54) is 12.1 Å². The number of nitrogens with one attached hydrogen (secondary N) is 2. The molecule has 2 rings (SSSR count). The van der Waals surface area contributed by atoms with Gasteiger partial charge in [0.05, 0.1) is 16.3 Å². The Kier molecular flexibility index (Phi) is 6.39. The molecule has 7 heteroatoms. The van der Waals surface area contributed by atoms with Gasteiger partial charge < -0.3 is 10.6 Å². The third-order valence-electron chi connectivity index (χ3n) is 3.54. The fourth-order valence-corrected chi connectivity index (χ4v) is 2.58. The highest BCUT2D eigenvalue weighted by Crippen LogP contribution is 2.20. The van der Waals surface area contributed by atoms with Crippen LogP contribution in [0.2, 0.25) is 10.0 Å². The number of amides is 2. The molecule has 0 heterocycles. The standard InChI is InChI=1S/C18H17Cl2FN2O2/c1-10(2)16(23-17(24)12-5-3-4-6-13(12)20)18(25)22-15-8-7-11(19)9-14(15)21/h3-10,16H,1-2H3,(H,22,25)(H,23,24). The predicted molar refractivity (Wildman–Crippen MR) is 97.6 cm³/mol. The quantitative estimate of drug-likeness (QED) is 0.797. The Balaban J connectivity index is 2.16. The first kappa shape index (κ1) is 19.2. The van der Waals surface area contributed by atoms with Crippen molar-refractivity contribution in [3.63, 3.8) is 0 Å². The summed E-state index contributed by atoms with van der Waals surface area (Å²) in [6.45, 7) is 3.55. The van der Waals surface area contributed by atoms with Gasteiger partial charge in [0.2, 0.25) is 5.91 Å². The van der Waals surface area contributed by atoms with Crippen LogP contribution in [0.15, 0.2) is 42.5 Å². The van der Waals surface area contributed by atoms with Crippen LogP contribution in [-0.2, 0) is 4.79 Å². The molecule has 0 bridgehead atoms. The first-order chi connectivity index (χ1) is 11.8. The fraction of sp³-hybridized carbons (Fsp3) is 0.222. The Morgan fingerprint density at radius 3 is 2.36 bits per heavy atom. The number of rotatable bonds is 5. The van der Waals surface area contributed by atoms with Crippen molar-refractivity contribution in [2.45, 2.75) is 19.9 Å². The van der Waals surface area contributed by atoms with Crippen LogP contribution >= 0.6 is 23.2 Å². The van der Waals surface area contributed by atoms with E-state index >= 15 is 0 Å². The van der Waals surface area contributed by atoms with E-state index in [2.05, 4.69) is 10.6 Å². The summed E-state index contributed by atoms with van der Waals surface area (Å²) in [6.07, 6.45) is 0. The number of halogens is 3. The summed E-state index contributed by atoms with van der Waals surface area (Å²) in [7, 11) is 0. The molecule has 2 amide bonds. The van der Waals surface area contributed by atoms with Gasteiger partial charge in [0.25, 0.3) is 5.91 Å². The molecule has 132 valence electrons. The Bertz CT molecular complexity index is 796. The average Bonchev–Trinajstić information content (AvgIpc) is 2.55. The molecule has 2 N–H and O–H groups in total. The van der Waals surface area contributed by atoms with Gasteiger partial charge in [0.15, 0.2) is 0 Å². The van der Waals surface area contributed by atoms with Crippen molar-refractivity contribution in [1.82, 2.24) is 5.32 Å². The minimum Gasteiger partial charge on any atom is -0.340 e. The highest BCUT2D eigenvalue weighted by molar-refractivity contribution is 6.33. The fourth-order valence-electron chi connectivity index (χ4n) is 2.20.